The van der Waals surface area contributed by atoms with Crippen molar-refractivity contribution in [3.8, 4) is 6.07 Å². The van der Waals surface area contributed by atoms with Crippen LogP contribution in [0.15, 0.2) is 6.20 Å². The maximum absolute atomic E-state index is 8.76. The van der Waals surface area contributed by atoms with Gasteiger partial charge in [-0.15, -0.1) is 0 Å². The zero-order valence-corrected chi connectivity index (χ0v) is 10.5. The Morgan fingerprint density at radius 2 is 2.25 bits per heavy atom. The number of aromatic nitrogens is 1. The summed E-state index contributed by atoms with van der Waals surface area (Å²) in [5, 5.41) is 9.73. The Kier molecular flexibility index (Phi) is 3.79. The van der Waals surface area contributed by atoms with Crippen molar-refractivity contribution in [2.24, 2.45) is 5.92 Å². The van der Waals surface area contributed by atoms with Gasteiger partial charge in [-0.05, 0) is 18.8 Å². The number of anilines is 1. The van der Waals surface area contributed by atoms with Crippen molar-refractivity contribution in [3.05, 3.63) is 11.1 Å². The SMILES string of the molecule is CN(CC1CCCCC1)c1ncc(C#N)s1. The molecule has 0 spiro atoms. The lowest BCUT2D eigenvalue weighted by Crippen LogP contribution is -2.26. The normalized spacial score (nSPS) is 17.0. The predicted molar refractivity (Wildman–Crippen MR) is 66.7 cm³/mol. The van der Waals surface area contributed by atoms with Crippen molar-refractivity contribution in [1.82, 2.24) is 4.98 Å². The van der Waals surface area contributed by atoms with Gasteiger partial charge in [-0.2, -0.15) is 5.26 Å². The highest BCUT2D eigenvalue weighted by Gasteiger charge is 2.16. The molecular formula is C12H17N3S. The number of hydrogen-bond donors (Lipinski definition) is 0. The van der Waals surface area contributed by atoms with Gasteiger partial charge in [0.05, 0.1) is 6.20 Å². The van der Waals surface area contributed by atoms with E-state index in [9.17, 15) is 0 Å². The summed E-state index contributed by atoms with van der Waals surface area (Å²) in [4.78, 5) is 7.17. The summed E-state index contributed by atoms with van der Waals surface area (Å²) >= 11 is 1.48. The van der Waals surface area contributed by atoms with E-state index in [1.165, 1.54) is 43.4 Å². The molecular weight excluding hydrogens is 218 g/mol. The average molecular weight is 235 g/mol. The molecule has 4 heteroatoms. The van der Waals surface area contributed by atoms with E-state index < -0.39 is 0 Å². The van der Waals surface area contributed by atoms with Gasteiger partial charge in [0.15, 0.2) is 5.13 Å². The van der Waals surface area contributed by atoms with Crippen LogP contribution in [-0.2, 0) is 0 Å². The first-order valence-electron chi connectivity index (χ1n) is 5.86. The highest BCUT2D eigenvalue weighted by molar-refractivity contribution is 7.16. The van der Waals surface area contributed by atoms with Crippen molar-refractivity contribution < 1.29 is 0 Å². The lowest BCUT2D eigenvalue weighted by atomic mass is 9.89. The molecule has 1 aromatic rings. The summed E-state index contributed by atoms with van der Waals surface area (Å²) in [7, 11) is 2.08. The summed E-state index contributed by atoms with van der Waals surface area (Å²) in [5.74, 6) is 0.813. The standard InChI is InChI=1S/C12H17N3S/c1-15(9-10-5-3-2-4-6-10)12-14-8-11(7-13)16-12/h8,10H,2-6,9H2,1H3. The van der Waals surface area contributed by atoms with E-state index >= 15 is 0 Å². The van der Waals surface area contributed by atoms with E-state index in [4.69, 9.17) is 5.26 Å². The van der Waals surface area contributed by atoms with Gasteiger partial charge in [0.2, 0.25) is 0 Å². The predicted octanol–water partition coefficient (Wildman–Crippen LogP) is 3.03. The Morgan fingerprint density at radius 1 is 1.50 bits per heavy atom. The molecule has 0 aromatic carbocycles. The van der Waals surface area contributed by atoms with E-state index in [-0.39, 0.29) is 0 Å². The van der Waals surface area contributed by atoms with Crippen LogP contribution < -0.4 is 4.90 Å². The third-order valence-electron chi connectivity index (χ3n) is 3.19. The van der Waals surface area contributed by atoms with Crippen molar-refractivity contribution in [3.63, 3.8) is 0 Å². The molecule has 1 saturated carbocycles. The van der Waals surface area contributed by atoms with Gasteiger partial charge in [0.1, 0.15) is 10.9 Å². The fourth-order valence-electron chi connectivity index (χ4n) is 2.33. The molecule has 0 N–H and O–H groups in total. The summed E-state index contributed by atoms with van der Waals surface area (Å²) < 4.78 is 0. The smallest absolute Gasteiger partial charge is 0.186 e. The number of nitrogens with zero attached hydrogens (tertiary/aromatic N) is 3. The molecule has 0 atom stereocenters. The second-order valence-electron chi connectivity index (χ2n) is 4.50. The average Bonchev–Trinajstić information content (AvgIpc) is 2.79. The van der Waals surface area contributed by atoms with E-state index in [2.05, 4.69) is 23.0 Å². The summed E-state index contributed by atoms with van der Waals surface area (Å²) in [5.41, 5.74) is 0. The van der Waals surface area contributed by atoms with Crippen molar-refractivity contribution in [2.45, 2.75) is 32.1 Å². The lowest BCUT2D eigenvalue weighted by molar-refractivity contribution is 0.362. The zero-order chi connectivity index (χ0) is 11.4. The number of rotatable bonds is 3. The quantitative estimate of drug-likeness (QED) is 0.808. The van der Waals surface area contributed by atoms with Gasteiger partial charge < -0.3 is 4.90 Å². The van der Waals surface area contributed by atoms with Crippen LogP contribution in [0.1, 0.15) is 37.0 Å². The van der Waals surface area contributed by atoms with Crippen molar-refractivity contribution >= 4 is 16.5 Å². The summed E-state index contributed by atoms with van der Waals surface area (Å²) in [6, 6.07) is 2.14. The van der Waals surface area contributed by atoms with Crippen molar-refractivity contribution in [1.29, 1.82) is 5.26 Å². The fraction of sp³-hybridized carbons (Fsp3) is 0.667. The Labute approximate surface area is 101 Å². The molecule has 0 radical (unpaired) electrons. The second-order valence-corrected chi connectivity index (χ2v) is 5.51. The minimum atomic E-state index is 0.700. The lowest BCUT2D eigenvalue weighted by Gasteiger charge is -2.26. The van der Waals surface area contributed by atoms with E-state index in [0.29, 0.717) is 4.88 Å². The van der Waals surface area contributed by atoms with Crippen LogP contribution in [0.4, 0.5) is 5.13 Å². The minimum Gasteiger partial charge on any atom is -0.351 e. The number of nitriles is 1. The zero-order valence-electron chi connectivity index (χ0n) is 9.65. The van der Waals surface area contributed by atoms with E-state index in [0.717, 1.165) is 17.6 Å². The van der Waals surface area contributed by atoms with Crippen LogP contribution in [0.2, 0.25) is 0 Å². The first-order valence-corrected chi connectivity index (χ1v) is 6.68. The largest absolute Gasteiger partial charge is 0.351 e. The van der Waals surface area contributed by atoms with Gasteiger partial charge in [0.25, 0.3) is 0 Å². The molecule has 1 aliphatic carbocycles. The first kappa shape index (κ1) is 11.4. The molecule has 86 valence electrons. The minimum absolute atomic E-state index is 0.700. The Bertz CT molecular complexity index is 374. The molecule has 16 heavy (non-hydrogen) atoms. The third kappa shape index (κ3) is 2.73. The molecule has 1 aromatic heterocycles. The molecule has 2 rings (SSSR count). The number of hydrogen-bond acceptors (Lipinski definition) is 4. The van der Waals surface area contributed by atoms with Crippen LogP contribution in [0.5, 0.6) is 0 Å². The number of thiazole rings is 1. The van der Waals surface area contributed by atoms with Gasteiger partial charge in [-0.1, -0.05) is 30.6 Å². The molecule has 0 bridgehead atoms. The topological polar surface area (TPSA) is 39.9 Å². The molecule has 1 aliphatic rings. The molecule has 1 heterocycles. The van der Waals surface area contributed by atoms with E-state index in [1.807, 2.05) is 0 Å². The van der Waals surface area contributed by atoms with E-state index in [1.54, 1.807) is 6.20 Å². The molecule has 0 aliphatic heterocycles. The molecule has 1 fully saturated rings. The van der Waals surface area contributed by atoms with Crippen LogP contribution in [0.25, 0.3) is 0 Å². The van der Waals surface area contributed by atoms with Crippen LogP contribution in [0.3, 0.4) is 0 Å². The van der Waals surface area contributed by atoms with Gasteiger partial charge in [-0.3, -0.25) is 0 Å². The summed E-state index contributed by atoms with van der Waals surface area (Å²) in [6.45, 7) is 1.08. The maximum atomic E-state index is 8.76. The fourth-order valence-corrected chi connectivity index (χ4v) is 3.01. The summed E-state index contributed by atoms with van der Waals surface area (Å²) in [6.07, 6.45) is 8.51. The van der Waals surface area contributed by atoms with Crippen molar-refractivity contribution in [2.75, 3.05) is 18.5 Å². The molecule has 0 saturated heterocycles. The molecule has 0 amide bonds. The van der Waals surface area contributed by atoms with Gasteiger partial charge >= 0.3 is 0 Å². The molecule has 3 nitrogen and oxygen atoms in total. The van der Waals surface area contributed by atoms with Crippen LogP contribution in [0, 0.1) is 17.2 Å². The van der Waals surface area contributed by atoms with Gasteiger partial charge in [-0.25, -0.2) is 4.98 Å². The van der Waals surface area contributed by atoms with Crippen LogP contribution >= 0.6 is 11.3 Å². The second kappa shape index (κ2) is 5.31. The van der Waals surface area contributed by atoms with Gasteiger partial charge in [0, 0.05) is 13.6 Å². The highest BCUT2D eigenvalue weighted by Crippen LogP contribution is 2.27. The Balaban J connectivity index is 1.91. The molecule has 0 unspecified atom stereocenters. The Hall–Kier alpha value is -1.08. The highest BCUT2D eigenvalue weighted by atomic mass is 32.1. The third-order valence-corrected chi connectivity index (χ3v) is 4.20. The first-order chi connectivity index (χ1) is 7.79. The Morgan fingerprint density at radius 3 is 2.88 bits per heavy atom. The van der Waals surface area contributed by atoms with Crippen LogP contribution in [-0.4, -0.2) is 18.6 Å². The monoisotopic (exact) mass is 235 g/mol. The maximum Gasteiger partial charge on any atom is 0.186 e.